The van der Waals surface area contributed by atoms with Crippen LogP contribution in [0.2, 0.25) is 0 Å². The molecule has 1 aromatic carbocycles. The second kappa shape index (κ2) is 6.09. The van der Waals surface area contributed by atoms with Gasteiger partial charge in [0.1, 0.15) is 16.7 Å². The Morgan fingerprint density at radius 3 is 2.38 bits per heavy atom. The minimum Gasteiger partial charge on any atom is -0.383 e. The zero-order chi connectivity index (χ0) is 15.6. The molecule has 0 unspecified atom stereocenters. The molecule has 0 aliphatic heterocycles. The predicted octanol–water partition coefficient (Wildman–Crippen LogP) is 3.55. The number of benzene rings is 1. The van der Waals surface area contributed by atoms with Gasteiger partial charge in [-0.25, -0.2) is 9.97 Å². The summed E-state index contributed by atoms with van der Waals surface area (Å²) in [4.78, 5) is 19.9. The normalized spacial score (nSPS) is 10.9. The van der Waals surface area contributed by atoms with E-state index in [4.69, 9.17) is 5.73 Å². The van der Waals surface area contributed by atoms with Gasteiger partial charge in [0.15, 0.2) is 0 Å². The summed E-state index contributed by atoms with van der Waals surface area (Å²) in [7, 11) is 0. The fraction of sp³-hybridized carbons (Fsp3) is 0.286. The molecule has 6 nitrogen and oxygen atoms in total. The summed E-state index contributed by atoms with van der Waals surface area (Å²) in [6.45, 7) is 5.88. The van der Waals surface area contributed by atoms with E-state index in [0.29, 0.717) is 11.6 Å². The Labute approximate surface area is 127 Å². The first-order valence-electron chi connectivity index (χ1n) is 6.44. The molecule has 2 rings (SSSR count). The number of nitro benzene ring substituents is 1. The fourth-order valence-electron chi connectivity index (χ4n) is 1.63. The molecule has 0 saturated heterocycles. The van der Waals surface area contributed by atoms with Crippen molar-refractivity contribution in [1.82, 2.24) is 9.97 Å². The molecule has 0 fully saturated rings. The molecule has 110 valence electrons. The van der Waals surface area contributed by atoms with E-state index in [1.807, 2.05) is 20.8 Å². The lowest BCUT2D eigenvalue weighted by molar-refractivity contribution is -0.384. The number of nitrogen functional groups attached to an aromatic ring is 1. The van der Waals surface area contributed by atoms with Crippen molar-refractivity contribution in [2.45, 2.75) is 36.6 Å². The van der Waals surface area contributed by atoms with Gasteiger partial charge in [-0.15, -0.1) is 0 Å². The van der Waals surface area contributed by atoms with Crippen molar-refractivity contribution < 1.29 is 4.92 Å². The van der Waals surface area contributed by atoms with Crippen LogP contribution >= 0.6 is 11.8 Å². The largest absolute Gasteiger partial charge is 0.383 e. The highest BCUT2D eigenvalue weighted by Gasteiger charge is 2.13. The fourth-order valence-corrected chi connectivity index (χ4v) is 2.53. The highest BCUT2D eigenvalue weighted by Crippen LogP contribution is 2.32. The second-order valence-corrected chi connectivity index (χ2v) is 5.97. The van der Waals surface area contributed by atoms with Crippen molar-refractivity contribution >= 4 is 23.3 Å². The number of hydrogen-bond donors (Lipinski definition) is 1. The molecule has 21 heavy (non-hydrogen) atoms. The van der Waals surface area contributed by atoms with Gasteiger partial charge in [-0.2, -0.15) is 0 Å². The van der Waals surface area contributed by atoms with Crippen LogP contribution in [-0.2, 0) is 0 Å². The molecule has 1 heterocycles. The van der Waals surface area contributed by atoms with Crippen LogP contribution in [0.3, 0.4) is 0 Å². The Bertz CT molecular complexity index is 671. The summed E-state index contributed by atoms with van der Waals surface area (Å²) < 4.78 is 0. The number of nitrogens with zero attached hydrogens (tertiary/aromatic N) is 3. The Morgan fingerprint density at radius 2 is 1.86 bits per heavy atom. The molecular formula is C14H16N4O2S. The van der Waals surface area contributed by atoms with Gasteiger partial charge < -0.3 is 5.73 Å². The first-order valence-corrected chi connectivity index (χ1v) is 7.26. The average Bonchev–Trinajstić information content (AvgIpc) is 2.44. The van der Waals surface area contributed by atoms with Crippen LogP contribution in [0.25, 0.3) is 0 Å². The maximum absolute atomic E-state index is 10.7. The van der Waals surface area contributed by atoms with Gasteiger partial charge >= 0.3 is 0 Å². The Balaban J connectivity index is 2.32. The number of nitrogens with two attached hydrogens (primary N) is 1. The van der Waals surface area contributed by atoms with Crippen molar-refractivity contribution in [2.75, 3.05) is 5.73 Å². The number of rotatable bonds is 4. The zero-order valence-electron chi connectivity index (χ0n) is 12.0. The maximum atomic E-state index is 10.7. The molecule has 2 aromatic rings. The molecule has 0 bridgehead atoms. The predicted molar refractivity (Wildman–Crippen MR) is 82.5 cm³/mol. The van der Waals surface area contributed by atoms with Gasteiger partial charge in [0.05, 0.1) is 4.92 Å². The van der Waals surface area contributed by atoms with E-state index < -0.39 is 4.92 Å². The van der Waals surface area contributed by atoms with E-state index in [0.717, 1.165) is 15.5 Å². The molecular weight excluding hydrogens is 288 g/mol. The molecule has 0 amide bonds. The van der Waals surface area contributed by atoms with E-state index >= 15 is 0 Å². The molecule has 0 radical (unpaired) electrons. The minimum absolute atomic E-state index is 0.0705. The van der Waals surface area contributed by atoms with Crippen LogP contribution in [0, 0.1) is 17.0 Å². The molecule has 2 N–H and O–H groups in total. The topological polar surface area (TPSA) is 94.9 Å². The smallest absolute Gasteiger partial charge is 0.269 e. The third-order valence-electron chi connectivity index (χ3n) is 2.93. The van der Waals surface area contributed by atoms with Crippen LogP contribution in [0.15, 0.2) is 34.2 Å². The molecule has 0 aliphatic rings. The van der Waals surface area contributed by atoms with Crippen molar-refractivity contribution in [2.24, 2.45) is 0 Å². The van der Waals surface area contributed by atoms with Crippen LogP contribution in [0.5, 0.6) is 0 Å². The summed E-state index contributed by atoms with van der Waals surface area (Å²) >= 11 is 1.43. The minimum atomic E-state index is -0.417. The van der Waals surface area contributed by atoms with Crippen molar-refractivity contribution in [3.05, 3.63) is 45.8 Å². The lowest BCUT2D eigenvalue weighted by atomic mass is 10.2. The summed E-state index contributed by atoms with van der Waals surface area (Å²) in [5, 5.41) is 11.4. The van der Waals surface area contributed by atoms with Gasteiger partial charge in [0.25, 0.3) is 5.69 Å². The summed E-state index contributed by atoms with van der Waals surface area (Å²) in [6, 6.07) is 6.36. The number of nitro groups is 1. The third kappa shape index (κ3) is 3.49. The molecule has 0 aliphatic carbocycles. The quantitative estimate of drug-likeness (QED) is 0.527. The monoisotopic (exact) mass is 304 g/mol. The molecule has 0 saturated carbocycles. The van der Waals surface area contributed by atoms with E-state index in [-0.39, 0.29) is 11.6 Å². The summed E-state index contributed by atoms with van der Waals surface area (Å²) in [5.41, 5.74) is 6.82. The third-order valence-corrected chi connectivity index (χ3v) is 4.03. The Hall–Kier alpha value is -2.15. The van der Waals surface area contributed by atoms with Gasteiger partial charge in [-0.3, -0.25) is 10.1 Å². The second-order valence-electron chi connectivity index (χ2n) is 4.90. The Kier molecular flexibility index (Phi) is 4.42. The van der Waals surface area contributed by atoms with Crippen LogP contribution in [-0.4, -0.2) is 14.9 Å². The first kappa shape index (κ1) is 15.2. The van der Waals surface area contributed by atoms with Gasteiger partial charge in [-0.05, 0) is 19.1 Å². The molecule has 0 atom stereocenters. The van der Waals surface area contributed by atoms with Crippen molar-refractivity contribution in [1.29, 1.82) is 0 Å². The summed E-state index contributed by atoms with van der Waals surface area (Å²) in [6.07, 6.45) is 0. The molecule has 0 spiro atoms. The van der Waals surface area contributed by atoms with Crippen molar-refractivity contribution in [3.8, 4) is 0 Å². The van der Waals surface area contributed by atoms with E-state index in [1.165, 1.54) is 23.9 Å². The van der Waals surface area contributed by atoms with Crippen molar-refractivity contribution in [3.63, 3.8) is 0 Å². The number of hydrogen-bond acceptors (Lipinski definition) is 6. The average molecular weight is 304 g/mol. The lowest BCUT2D eigenvalue weighted by Gasteiger charge is -2.11. The highest BCUT2D eigenvalue weighted by molar-refractivity contribution is 7.99. The first-order chi connectivity index (χ1) is 9.88. The number of non-ortho nitro benzene ring substituents is 1. The maximum Gasteiger partial charge on any atom is 0.269 e. The lowest BCUT2D eigenvalue weighted by Crippen LogP contribution is -2.05. The van der Waals surface area contributed by atoms with E-state index in [9.17, 15) is 10.1 Å². The SMILES string of the molecule is Cc1c(N)nc(C(C)C)nc1Sc1ccc([N+](=O)[O-])cc1. The van der Waals surface area contributed by atoms with Gasteiger partial charge in [-0.1, -0.05) is 25.6 Å². The van der Waals surface area contributed by atoms with Gasteiger partial charge in [0, 0.05) is 28.5 Å². The molecule has 7 heteroatoms. The number of aromatic nitrogens is 2. The van der Waals surface area contributed by atoms with E-state index in [2.05, 4.69) is 9.97 Å². The van der Waals surface area contributed by atoms with Crippen LogP contribution in [0.1, 0.15) is 31.2 Å². The Morgan fingerprint density at radius 1 is 1.24 bits per heavy atom. The highest BCUT2D eigenvalue weighted by atomic mass is 32.2. The van der Waals surface area contributed by atoms with Crippen LogP contribution < -0.4 is 5.73 Å². The standard InChI is InChI=1S/C14H16N4O2S/c1-8(2)13-16-12(15)9(3)14(17-13)21-11-6-4-10(5-7-11)18(19)20/h4-8H,1-3H3,(H2,15,16,17). The molecule has 1 aromatic heterocycles. The number of anilines is 1. The zero-order valence-corrected chi connectivity index (χ0v) is 12.8. The van der Waals surface area contributed by atoms with Gasteiger partial charge in [0.2, 0.25) is 0 Å². The summed E-state index contributed by atoms with van der Waals surface area (Å²) in [5.74, 6) is 1.35. The van der Waals surface area contributed by atoms with Crippen LogP contribution in [0.4, 0.5) is 11.5 Å². The van der Waals surface area contributed by atoms with E-state index in [1.54, 1.807) is 12.1 Å².